The molecule has 1 fully saturated rings. The Morgan fingerprint density at radius 2 is 2.00 bits per heavy atom. The lowest BCUT2D eigenvalue weighted by Crippen LogP contribution is -2.47. The van der Waals surface area contributed by atoms with E-state index in [0.717, 1.165) is 29.9 Å². The van der Waals surface area contributed by atoms with Crippen LogP contribution < -0.4 is 5.32 Å². The molecule has 1 saturated heterocycles. The Kier molecular flexibility index (Phi) is 5.07. The van der Waals surface area contributed by atoms with Gasteiger partial charge in [-0.2, -0.15) is 11.8 Å². The fraction of sp³-hybridized carbons (Fsp3) is 0.588. The predicted molar refractivity (Wildman–Crippen MR) is 97.0 cm³/mol. The number of benzene rings is 1. The van der Waals surface area contributed by atoms with E-state index in [9.17, 15) is 5.11 Å². The topological polar surface area (TPSA) is 45.1 Å². The number of para-hydroxylation sites is 1. The molecule has 1 aliphatic rings. The van der Waals surface area contributed by atoms with Gasteiger partial charge in [0.05, 0.1) is 20.8 Å². The molecule has 3 rings (SSSR count). The van der Waals surface area contributed by atoms with Crippen LogP contribution in [0.25, 0.3) is 10.2 Å². The largest absolute Gasteiger partial charge is 0.389 e. The number of fused-ring (bicyclic) bond motifs is 1. The van der Waals surface area contributed by atoms with Crippen LogP contribution in [0.5, 0.6) is 0 Å². The number of hydrogen-bond acceptors (Lipinski definition) is 5. The molecule has 2 N–H and O–H groups in total. The highest BCUT2D eigenvalue weighted by molar-refractivity contribution is 7.99. The number of hydrogen-bond donors (Lipinski definition) is 2. The maximum absolute atomic E-state index is 10.6. The van der Waals surface area contributed by atoms with Crippen molar-refractivity contribution >= 4 is 33.3 Å². The Hall–Kier alpha value is -0.620. The first kappa shape index (κ1) is 16.2. The number of nitrogens with zero attached hydrogens (tertiary/aromatic N) is 1. The van der Waals surface area contributed by atoms with E-state index in [2.05, 4.69) is 37.4 Å². The van der Waals surface area contributed by atoms with Crippen molar-refractivity contribution in [1.29, 1.82) is 0 Å². The lowest BCUT2D eigenvalue weighted by Gasteiger charge is -2.34. The van der Waals surface area contributed by atoms with Gasteiger partial charge in [0.15, 0.2) is 0 Å². The molecule has 5 heteroatoms. The van der Waals surface area contributed by atoms with Crippen molar-refractivity contribution in [3.63, 3.8) is 0 Å². The number of nitrogens with one attached hydrogen (secondary N) is 1. The van der Waals surface area contributed by atoms with Crippen LogP contribution in [0, 0.1) is 0 Å². The number of thiazole rings is 1. The standard InChI is InChI=1S/C17H24N2OS2/c1-12(16-19-14-5-3-4-6-15(14)22-16)13(2)18-11-17(20)7-9-21-10-8-17/h3-6,12-13,18,20H,7-11H2,1-2H3. The Morgan fingerprint density at radius 1 is 1.27 bits per heavy atom. The molecule has 0 amide bonds. The van der Waals surface area contributed by atoms with E-state index in [4.69, 9.17) is 4.98 Å². The van der Waals surface area contributed by atoms with E-state index in [1.165, 1.54) is 9.71 Å². The van der Waals surface area contributed by atoms with Gasteiger partial charge in [-0.05, 0) is 43.4 Å². The molecular weight excluding hydrogens is 312 g/mol. The van der Waals surface area contributed by atoms with E-state index in [1.807, 2.05) is 17.8 Å². The summed E-state index contributed by atoms with van der Waals surface area (Å²) in [6, 6.07) is 8.60. The molecule has 0 radical (unpaired) electrons. The summed E-state index contributed by atoms with van der Waals surface area (Å²) in [4.78, 5) is 4.76. The van der Waals surface area contributed by atoms with Crippen molar-refractivity contribution in [1.82, 2.24) is 10.3 Å². The van der Waals surface area contributed by atoms with Gasteiger partial charge in [-0.1, -0.05) is 19.1 Å². The van der Waals surface area contributed by atoms with Crippen LogP contribution >= 0.6 is 23.1 Å². The highest BCUT2D eigenvalue weighted by Crippen LogP contribution is 2.30. The number of thioether (sulfide) groups is 1. The zero-order chi connectivity index (χ0) is 15.6. The molecule has 22 heavy (non-hydrogen) atoms. The molecule has 2 unspecified atom stereocenters. The predicted octanol–water partition coefficient (Wildman–Crippen LogP) is 3.64. The van der Waals surface area contributed by atoms with Crippen molar-refractivity contribution < 1.29 is 5.11 Å². The zero-order valence-corrected chi connectivity index (χ0v) is 14.8. The van der Waals surface area contributed by atoms with Crippen LogP contribution in [0.3, 0.4) is 0 Å². The molecule has 3 nitrogen and oxygen atoms in total. The minimum Gasteiger partial charge on any atom is -0.389 e. The Balaban J connectivity index is 1.62. The molecular formula is C17H24N2OS2. The second-order valence-electron chi connectivity index (χ2n) is 6.31. The lowest BCUT2D eigenvalue weighted by molar-refractivity contribution is 0.0294. The molecule has 0 saturated carbocycles. The summed E-state index contributed by atoms with van der Waals surface area (Å²) >= 11 is 3.72. The van der Waals surface area contributed by atoms with Crippen LogP contribution in [0.4, 0.5) is 0 Å². The quantitative estimate of drug-likeness (QED) is 0.875. The third-order valence-corrected chi connectivity index (χ3v) is 6.85. The molecule has 1 aliphatic heterocycles. The third-order valence-electron chi connectivity index (χ3n) is 4.63. The van der Waals surface area contributed by atoms with Gasteiger partial charge in [-0.25, -0.2) is 4.98 Å². The number of rotatable bonds is 5. The minimum absolute atomic E-state index is 0.305. The maximum atomic E-state index is 10.6. The molecule has 0 aliphatic carbocycles. The van der Waals surface area contributed by atoms with Crippen LogP contribution in [-0.4, -0.2) is 39.8 Å². The van der Waals surface area contributed by atoms with E-state index >= 15 is 0 Å². The highest BCUT2D eigenvalue weighted by Gasteiger charge is 2.30. The molecule has 120 valence electrons. The summed E-state index contributed by atoms with van der Waals surface area (Å²) in [6.45, 7) is 5.10. The molecule has 1 aromatic carbocycles. The lowest BCUT2D eigenvalue weighted by atomic mass is 9.95. The van der Waals surface area contributed by atoms with Gasteiger partial charge in [0.1, 0.15) is 0 Å². The highest BCUT2D eigenvalue weighted by atomic mass is 32.2. The van der Waals surface area contributed by atoms with Crippen molar-refractivity contribution in [2.75, 3.05) is 18.1 Å². The van der Waals surface area contributed by atoms with Gasteiger partial charge in [-0.15, -0.1) is 11.3 Å². The third kappa shape index (κ3) is 3.65. The fourth-order valence-electron chi connectivity index (χ4n) is 2.75. The van der Waals surface area contributed by atoms with Crippen LogP contribution in [-0.2, 0) is 0 Å². The van der Waals surface area contributed by atoms with Crippen molar-refractivity contribution in [3.05, 3.63) is 29.3 Å². The zero-order valence-electron chi connectivity index (χ0n) is 13.2. The smallest absolute Gasteiger partial charge is 0.0982 e. The summed E-state index contributed by atoms with van der Waals surface area (Å²) in [5.41, 5.74) is 0.566. The maximum Gasteiger partial charge on any atom is 0.0982 e. The molecule has 1 aromatic heterocycles. The minimum atomic E-state index is -0.521. The first-order valence-corrected chi connectivity index (χ1v) is 9.93. The van der Waals surface area contributed by atoms with Gasteiger partial charge in [0, 0.05) is 18.5 Å². The second kappa shape index (κ2) is 6.87. The summed E-state index contributed by atoms with van der Waals surface area (Å²) in [5, 5.41) is 15.3. The summed E-state index contributed by atoms with van der Waals surface area (Å²) in [5.74, 6) is 2.49. The Bertz CT molecular complexity index is 589. The van der Waals surface area contributed by atoms with Gasteiger partial charge in [-0.3, -0.25) is 0 Å². The second-order valence-corrected chi connectivity index (χ2v) is 8.60. The first-order chi connectivity index (χ1) is 10.6. The SMILES string of the molecule is CC(NCC1(O)CCSCC1)C(C)c1nc2ccccc2s1. The molecule has 2 atom stereocenters. The first-order valence-electron chi connectivity index (χ1n) is 7.96. The average molecular weight is 337 g/mol. The van der Waals surface area contributed by atoms with E-state index in [-0.39, 0.29) is 0 Å². The summed E-state index contributed by atoms with van der Waals surface area (Å²) < 4.78 is 1.25. The van der Waals surface area contributed by atoms with Crippen LogP contribution in [0.1, 0.15) is 37.6 Å². The average Bonchev–Trinajstić information content (AvgIpc) is 2.96. The Morgan fingerprint density at radius 3 is 2.73 bits per heavy atom. The van der Waals surface area contributed by atoms with E-state index in [1.54, 1.807) is 11.3 Å². The fourth-order valence-corrected chi connectivity index (χ4v) is 5.13. The normalized spacial score (nSPS) is 20.9. The number of aromatic nitrogens is 1. The van der Waals surface area contributed by atoms with E-state index in [0.29, 0.717) is 18.5 Å². The molecule has 2 aromatic rings. The van der Waals surface area contributed by atoms with Crippen LogP contribution in [0.15, 0.2) is 24.3 Å². The molecule has 0 bridgehead atoms. The van der Waals surface area contributed by atoms with Crippen LogP contribution in [0.2, 0.25) is 0 Å². The van der Waals surface area contributed by atoms with Gasteiger partial charge in [0.2, 0.25) is 0 Å². The van der Waals surface area contributed by atoms with Crippen molar-refractivity contribution in [3.8, 4) is 0 Å². The van der Waals surface area contributed by atoms with Crippen molar-refractivity contribution in [2.24, 2.45) is 0 Å². The summed E-state index contributed by atoms with van der Waals surface area (Å²) in [6.07, 6.45) is 1.79. The van der Waals surface area contributed by atoms with E-state index < -0.39 is 5.60 Å². The van der Waals surface area contributed by atoms with Gasteiger partial charge in [0.25, 0.3) is 0 Å². The monoisotopic (exact) mass is 336 g/mol. The van der Waals surface area contributed by atoms with Crippen molar-refractivity contribution in [2.45, 2.75) is 44.2 Å². The Labute approximate surface area is 140 Å². The van der Waals surface area contributed by atoms with Gasteiger partial charge < -0.3 is 10.4 Å². The molecule has 2 heterocycles. The van der Waals surface area contributed by atoms with Gasteiger partial charge >= 0.3 is 0 Å². The number of aliphatic hydroxyl groups is 1. The molecule has 0 spiro atoms. The summed E-state index contributed by atoms with van der Waals surface area (Å²) in [7, 11) is 0.